The molecule has 9 heteroatoms. The second-order valence-electron chi connectivity index (χ2n) is 7.35. The van der Waals surface area contributed by atoms with Gasteiger partial charge in [-0.1, -0.05) is 24.1 Å². The molecule has 156 valence electrons. The highest BCUT2D eigenvalue weighted by Crippen LogP contribution is 2.31. The van der Waals surface area contributed by atoms with Crippen LogP contribution >= 0.6 is 11.6 Å². The summed E-state index contributed by atoms with van der Waals surface area (Å²) >= 11 is 6.43. The van der Waals surface area contributed by atoms with Crippen molar-refractivity contribution >= 4 is 33.0 Å². The number of aryl methyl sites for hydroxylation is 1. The third kappa shape index (κ3) is 4.24. The Bertz CT molecular complexity index is 1220. The lowest BCUT2D eigenvalue weighted by atomic mass is 10.1. The van der Waals surface area contributed by atoms with Crippen LogP contribution in [0.15, 0.2) is 47.4 Å². The first kappa shape index (κ1) is 20.6. The number of carbonyl (C=O) groups excluding carboxylic acids is 1. The van der Waals surface area contributed by atoms with Gasteiger partial charge < -0.3 is 9.88 Å². The van der Waals surface area contributed by atoms with E-state index in [1.807, 2.05) is 0 Å². The number of amides is 1. The Morgan fingerprint density at radius 2 is 1.93 bits per heavy atom. The summed E-state index contributed by atoms with van der Waals surface area (Å²) in [6, 6.07) is 11.1. The predicted molar refractivity (Wildman–Crippen MR) is 116 cm³/mol. The van der Waals surface area contributed by atoms with E-state index in [4.69, 9.17) is 11.6 Å². The minimum atomic E-state index is -3.40. The number of nitrogens with zero attached hydrogens (tertiary/aromatic N) is 3. The Balaban J connectivity index is 1.63. The largest absolute Gasteiger partial charge is 0.322 e. The van der Waals surface area contributed by atoms with Crippen molar-refractivity contribution in [2.24, 2.45) is 0 Å². The smallest absolute Gasteiger partial charge is 0.255 e. The second-order valence-corrected chi connectivity index (χ2v) is 9.77. The molecule has 0 bridgehead atoms. The van der Waals surface area contributed by atoms with Crippen molar-refractivity contribution in [2.75, 3.05) is 11.6 Å². The molecule has 0 aliphatic carbocycles. The quantitative estimate of drug-likeness (QED) is 0.656. The number of benzene rings is 2. The minimum Gasteiger partial charge on any atom is -0.322 e. The lowest BCUT2D eigenvalue weighted by molar-refractivity contribution is 0.102. The molecule has 0 spiro atoms. The number of fused-ring (bicyclic) bond motifs is 1. The molecule has 1 aromatic heterocycles. The molecule has 2 aromatic carbocycles. The summed E-state index contributed by atoms with van der Waals surface area (Å²) in [6.45, 7) is 0.836. The van der Waals surface area contributed by atoms with E-state index < -0.39 is 15.7 Å². The lowest BCUT2D eigenvalue weighted by Crippen LogP contribution is -2.13. The molecular weight excluding hydrogens is 424 g/mol. The summed E-state index contributed by atoms with van der Waals surface area (Å²) in [4.78, 5) is 12.8. The van der Waals surface area contributed by atoms with Crippen molar-refractivity contribution in [3.8, 4) is 11.4 Å². The maximum Gasteiger partial charge on any atom is 0.255 e. The molecule has 0 radical (unpaired) electrons. The normalized spacial score (nSPS) is 14.1. The Hall–Kier alpha value is -2.71. The Morgan fingerprint density at radius 3 is 2.73 bits per heavy atom. The van der Waals surface area contributed by atoms with Gasteiger partial charge in [0.25, 0.3) is 5.91 Å². The molecule has 0 saturated heterocycles. The maximum absolute atomic E-state index is 12.7. The summed E-state index contributed by atoms with van der Waals surface area (Å²) in [5.41, 5.74) is 1.49. The van der Waals surface area contributed by atoms with E-state index in [0.29, 0.717) is 22.1 Å². The maximum atomic E-state index is 12.7. The molecule has 0 saturated carbocycles. The minimum absolute atomic E-state index is 0.0955. The monoisotopic (exact) mass is 444 g/mol. The highest BCUT2D eigenvalue weighted by atomic mass is 35.5. The number of sulfone groups is 1. The molecule has 7 nitrogen and oxygen atoms in total. The van der Waals surface area contributed by atoms with Crippen LogP contribution in [-0.2, 0) is 22.8 Å². The van der Waals surface area contributed by atoms with Crippen LogP contribution in [-0.4, -0.2) is 35.3 Å². The topological polar surface area (TPSA) is 93.9 Å². The zero-order valence-corrected chi connectivity index (χ0v) is 18.0. The molecule has 3 aromatic rings. The molecule has 1 aliphatic heterocycles. The van der Waals surface area contributed by atoms with Crippen molar-refractivity contribution in [3.63, 3.8) is 0 Å². The average molecular weight is 445 g/mol. The number of nitrogens with one attached hydrogen (secondary N) is 1. The van der Waals surface area contributed by atoms with Crippen molar-refractivity contribution in [1.29, 1.82) is 0 Å². The van der Waals surface area contributed by atoms with Crippen LogP contribution in [0.4, 0.5) is 5.69 Å². The van der Waals surface area contributed by atoms with Gasteiger partial charge in [0.2, 0.25) is 0 Å². The van der Waals surface area contributed by atoms with E-state index in [-0.39, 0.29) is 10.5 Å². The summed E-state index contributed by atoms with van der Waals surface area (Å²) in [5.74, 6) is 1.23. The summed E-state index contributed by atoms with van der Waals surface area (Å²) in [5, 5.41) is 12.0. The van der Waals surface area contributed by atoms with Gasteiger partial charge in [0, 0.05) is 36.0 Å². The standard InChI is InChI=1S/C21H21ClN4O3S/c1-30(28,29)16-7-5-6-14(12-16)21(27)23-15-9-10-18(22)17(13-15)20-25-24-19-8-3-2-4-11-26(19)20/h5-7,9-10,12-13H,2-4,8,11H2,1H3,(H,23,27). The summed E-state index contributed by atoms with van der Waals surface area (Å²) < 4.78 is 25.6. The third-order valence-corrected chi connectivity index (χ3v) is 6.54. The third-order valence-electron chi connectivity index (χ3n) is 5.10. The van der Waals surface area contributed by atoms with Crippen LogP contribution in [0.5, 0.6) is 0 Å². The Morgan fingerprint density at radius 1 is 1.10 bits per heavy atom. The zero-order chi connectivity index (χ0) is 21.3. The first-order valence-electron chi connectivity index (χ1n) is 9.66. The van der Waals surface area contributed by atoms with Gasteiger partial charge in [0.15, 0.2) is 15.7 Å². The van der Waals surface area contributed by atoms with Gasteiger partial charge in [0.1, 0.15) is 5.82 Å². The molecule has 0 fully saturated rings. The fraction of sp³-hybridized carbons (Fsp3) is 0.286. The van der Waals surface area contributed by atoms with Crippen molar-refractivity contribution in [3.05, 3.63) is 58.9 Å². The highest BCUT2D eigenvalue weighted by Gasteiger charge is 2.19. The van der Waals surface area contributed by atoms with Crippen LogP contribution in [0.2, 0.25) is 5.02 Å². The van der Waals surface area contributed by atoms with Crippen LogP contribution < -0.4 is 5.32 Å². The van der Waals surface area contributed by atoms with E-state index >= 15 is 0 Å². The first-order chi connectivity index (χ1) is 14.3. The number of anilines is 1. The molecule has 1 aliphatic rings. The fourth-order valence-electron chi connectivity index (χ4n) is 3.53. The SMILES string of the molecule is CS(=O)(=O)c1cccc(C(=O)Nc2ccc(Cl)c(-c3nnc4n3CCCCC4)c2)c1. The molecule has 1 amide bonds. The van der Waals surface area contributed by atoms with Crippen molar-refractivity contribution < 1.29 is 13.2 Å². The molecule has 30 heavy (non-hydrogen) atoms. The molecule has 4 rings (SSSR count). The number of hydrogen-bond acceptors (Lipinski definition) is 5. The number of halogens is 1. The number of rotatable bonds is 4. The van der Waals surface area contributed by atoms with Gasteiger partial charge in [-0.05, 0) is 49.2 Å². The van der Waals surface area contributed by atoms with Gasteiger partial charge >= 0.3 is 0 Å². The van der Waals surface area contributed by atoms with Crippen molar-refractivity contribution in [2.45, 2.75) is 37.1 Å². The number of carbonyl (C=O) groups is 1. The van der Waals surface area contributed by atoms with Gasteiger partial charge in [-0.15, -0.1) is 10.2 Å². The predicted octanol–water partition coefficient (Wildman–Crippen LogP) is 3.98. The van der Waals surface area contributed by atoms with E-state index in [1.165, 1.54) is 12.1 Å². The van der Waals surface area contributed by atoms with Gasteiger partial charge in [0.05, 0.1) is 9.92 Å². The molecule has 2 heterocycles. The zero-order valence-electron chi connectivity index (χ0n) is 16.4. The molecule has 0 atom stereocenters. The average Bonchev–Trinajstić information content (AvgIpc) is 2.96. The van der Waals surface area contributed by atoms with Crippen molar-refractivity contribution in [1.82, 2.24) is 14.8 Å². The molecular formula is C21H21ClN4O3S. The van der Waals surface area contributed by atoms with Crippen LogP contribution in [0.1, 0.15) is 35.4 Å². The summed E-state index contributed by atoms with van der Waals surface area (Å²) in [7, 11) is -3.40. The summed E-state index contributed by atoms with van der Waals surface area (Å²) in [6.07, 6.45) is 5.30. The van der Waals surface area contributed by atoms with E-state index in [1.54, 1.807) is 30.3 Å². The van der Waals surface area contributed by atoms with Crippen LogP contribution in [0, 0.1) is 0 Å². The van der Waals surface area contributed by atoms with Crippen LogP contribution in [0.25, 0.3) is 11.4 Å². The molecule has 0 unspecified atom stereocenters. The van der Waals surface area contributed by atoms with Gasteiger partial charge in [-0.3, -0.25) is 4.79 Å². The van der Waals surface area contributed by atoms with Gasteiger partial charge in [-0.25, -0.2) is 8.42 Å². The van der Waals surface area contributed by atoms with Gasteiger partial charge in [-0.2, -0.15) is 0 Å². The van der Waals surface area contributed by atoms with E-state index in [2.05, 4.69) is 20.1 Å². The Kier molecular flexibility index (Phi) is 5.62. The lowest BCUT2D eigenvalue weighted by Gasteiger charge is -2.11. The number of aromatic nitrogens is 3. The van der Waals surface area contributed by atoms with E-state index in [9.17, 15) is 13.2 Å². The second kappa shape index (κ2) is 8.20. The molecule has 1 N–H and O–H groups in total. The Labute approximate surface area is 180 Å². The van der Waals surface area contributed by atoms with E-state index in [0.717, 1.165) is 44.3 Å². The fourth-order valence-corrected chi connectivity index (χ4v) is 4.40. The number of hydrogen-bond donors (Lipinski definition) is 1. The highest BCUT2D eigenvalue weighted by molar-refractivity contribution is 7.90. The van der Waals surface area contributed by atoms with Crippen LogP contribution in [0.3, 0.4) is 0 Å². The first-order valence-corrected chi connectivity index (χ1v) is 11.9.